The highest BCUT2D eigenvalue weighted by Gasteiger charge is 2.24. The van der Waals surface area contributed by atoms with Gasteiger partial charge in [0.2, 0.25) is 5.91 Å². The number of esters is 1. The Morgan fingerprint density at radius 3 is 1.47 bits per heavy atom. The molecule has 0 saturated heterocycles. The standard InChI is InChI=1S/C53H95NO5/c1-4-7-10-13-16-19-22-24-25-26-27-29-30-33-36-39-42-45-51(56)50(48-55)54-52(57)47-49(44-41-38-35-32-21-18-15-12-9-6-3)59-53(58)46-43-40-37-34-31-28-23-20-17-14-11-8-5-2/h8,11,14,17-18,20-21,23,28,31,49-51,55-56H,4-7,9-10,12-13,15-16,19,22,24-27,29-30,32-48H2,1-3H3,(H,54,57)/b11-8+,17-14+,21-18-,23-20-,31-28-. The smallest absolute Gasteiger partial charge is 0.306 e. The van der Waals surface area contributed by atoms with Crippen molar-refractivity contribution in [2.75, 3.05) is 6.61 Å². The van der Waals surface area contributed by atoms with Crippen molar-refractivity contribution in [3.63, 3.8) is 0 Å². The second-order valence-corrected chi connectivity index (χ2v) is 16.9. The summed E-state index contributed by atoms with van der Waals surface area (Å²) in [5.74, 6) is -0.537. The largest absolute Gasteiger partial charge is 0.462 e. The molecule has 0 aliphatic carbocycles. The first-order valence-electron chi connectivity index (χ1n) is 25.1. The molecule has 0 aliphatic rings. The van der Waals surface area contributed by atoms with Crippen LogP contribution in [0.3, 0.4) is 0 Å². The summed E-state index contributed by atoms with van der Waals surface area (Å²) in [6.45, 7) is 6.30. The van der Waals surface area contributed by atoms with E-state index in [4.69, 9.17) is 4.74 Å². The average molecular weight is 826 g/mol. The normalized spacial score (nSPS) is 13.8. The van der Waals surface area contributed by atoms with Crippen molar-refractivity contribution in [3.05, 3.63) is 60.8 Å². The maximum Gasteiger partial charge on any atom is 0.306 e. The number of carbonyl (C=O) groups is 2. The third-order valence-electron chi connectivity index (χ3n) is 11.2. The third kappa shape index (κ3) is 42.1. The van der Waals surface area contributed by atoms with Gasteiger partial charge < -0.3 is 20.3 Å². The predicted octanol–water partition coefficient (Wildman–Crippen LogP) is 14.8. The summed E-state index contributed by atoms with van der Waals surface area (Å²) in [5, 5.41) is 23.7. The molecule has 342 valence electrons. The van der Waals surface area contributed by atoms with Crippen molar-refractivity contribution in [3.8, 4) is 0 Å². The number of aliphatic hydroxyl groups excluding tert-OH is 2. The van der Waals surface area contributed by atoms with Gasteiger partial charge in [-0.25, -0.2) is 0 Å². The maximum absolute atomic E-state index is 13.2. The molecule has 0 heterocycles. The molecule has 3 unspecified atom stereocenters. The van der Waals surface area contributed by atoms with Crippen molar-refractivity contribution in [2.24, 2.45) is 0 Å². The Morgan fingerprint density at radius 1 is 0.508 bits per heavy atom. The Bertz CT molecular complexity index is 1060. The Morgan fingerprint density at radius 2 is 0.932 bits per heavy atom. The van der Waals surface area contributed by atoms with Crippen molar-refractivity contribution in [2.45, 2.75) is 257 Å². The van der Waals surface area contributed by atoms with Crippen LogP contribution >= 0.6 is 0 Å². The lowest BCUT2D eigenvalue weighted by Gasteiger charge is -2.24. The minimum absolute atomic E-state index is 0.0494. The lowest BCUT2D eigenvalue weighted by Crippen LogP contribution is -2.46. The molecule has 1 amide bonds. The predicted molar refractivity (Wildman–Crippen MR) is 255 cm³/mol. The van der Waals surface area contributed by atoms with Gasteiger partial charge in [0.15, 0.2) is 0 Å². The number of aliphatic hydroxyl groups is 2. The van der Waals surface area contributed by atoms with E-state index in [1.165, 1.54) is 109 Å². The first kappa shape index (κ1) is 56.6. The molecule has 6 heteroatoms. The number of allylic oxidation sites excluding steroid dienone is 10. The second kappa shape index (κ2) is 46.6. The molecule has 0 spiro atoms. The SMILES string of the molecule is CC/C=C/C=C/C=C\C=C/CCCCCC(=O)OC(CCCCC/C=C\CCCCC)CC(=O)NC(CO)C(O)CCCCCCCCCCCCCCCCCCC. The quantitative estimate of drug-likeness (QED) is 0.0246. The highest BCUT2D eigenvalue weighted by Crippen LogP contribution is 2.17. The fourth-order valence-corrected chi connectivity index (χ4v) is 7.38. The molecule has 0 rings (SSSR count). The van der Waals surface area contributed by atoms with Crippen LogP contribution in [0.4, 0.5) is 0 Å². The summed E-state index contributed by atoms with van der Waals surface area (Å²) in [5.41, 5.74) is 0. The van der Waals surface area contributed by atoms with Crippen LogP contribution in [-0.4, -0.2) is 46.9 Å². The number of ether oxygens (including phenoxy) is 1. The van der Waals surface area contributed by atoms with Gasteiger partial charge in [0.05, 0.1) is 25.2 Å². The number of amides is 1. The van der Waals surface area contributed by atoms with E-state index in [0.717, 1.165) is 83.5 Å². The molecule has 0 radical (unpaired) electrons. The first-order chi connectivity index (χ1) is 29.0. The topological polar surface area (TPSA) is 95.9 Å². The summed E-state index contributed by atoms with van der Waals surface area (Å²) in [6, 6.07) is -0.715. The van der Waals surface area contributed by atoms with Gasteiger partial charge in [0.25, 0.3) is 0 Å². The minimum Gasteiger partial charge on any atom is -0.462 e. The zero-order valence-corrected chi connectivity index (χ0v) is 38.9. The van der Waals surface area contributed by atoms with E-state index in [1.54, 1.807) is 0 Å². The lowest BCUT2D eigenvalue weighted by molar-refractivity contribution is -0.151. The van der Waals surface area contributed by atoms with Gasteiger partial charge >= 0.3 is 5.97 Å². The van der Waals surface area contributed by atoms with Crippen molar-refractivity contribution < 1.29 is 24.5 Å². The first-order valence-corrected chi connectivity index (χ1v) is 25.1. The number of rotatable bonds is 44. The summed E-state index contributed by atoms with van der Waals surface area (Å²) in [7, 11) is 0. The molecule has 3 atom stereocenters. The third-order valence-corrected chi connectivity index (χ3v) is 11.2. The fraction of sp³-hybridized carbons (Fsp3) is 0.774. The monoisotopic (exact) mass is 826 g/mol. The van der Waals surface area contributed by atoms with E-state index in [0.29, 0.717) is 19.3 Å². The van der Waals surface area contributed by atoms with Gasteiger partial charge in [0, 0.05) is 6.42 Å². The fourth-order valence-electron chi connectivity index (χ4n) is 7.38. The molecule has 0 aromatic carbocycles. The average Bonchev–Trinajstić information content (AvgIpc) is 3.23. The highest BCUT2D eigenvalue weighted by molar-refractivity contribution is 5.77. The Balaban J connectivity index is 4.52. The van der Waals surface area contributed by atoms with Gasteiger partial charge in [-0.05, 0) is 70.6 Å². The lowest BCUT2D eigenvalue weighted by atomic mass is 10.0. The molecule has 0 fully saturated rings. The molecule has 3 N–H and O–H groups in total. The van der Waals surface area contributed by atoms with Crippen LogP contribution in [0.1, 0.15) is 239 Å². The van der Waals surface area contributed by atoms with Crippen LogP contribution in [0.2, 0.25) is 0 Å². The van der Waals surface area contributed by atoms with Crippen LogP contribution < -0.4 is 5.32 Å². The summed E-state index contributed by atoms with van der Waals surface area (Å²) in [6.07, 6.45) is 57.1. The second-order valence-electron chi connectivity index (χ2n) is 16.9. The molecule has 0 aromatic rings. The van der Waals surface area contributed by atoms with Crippen LogP contribution in [0.25, 0.3) is 0 Å². The molecule has 0 aromatic heterocycles. The van der Waals surface area contributed by atoms with Crippen molar-refractivity contribution in [1.29, 1.82) is 0 Å². The zero-order chi connectivity index (χ0) is 43.1. The molecular formula is C53H95NO5. The molecular weight excluding hydrogens is 731 g/mol. The van der Waals surface area contributed by atoms with Gasteiger partial charge in [-0.2, -0.15) is 0 Å². The summed E-state index contributed by atoms with van der Waals surface area (Å²) in [4.78, 5) is 26.0. The number of nitrogens with one attached hydrogen (secondary N) is 1. The Labute approximate surface area is 365 Å². The van der Waals surface area contributed by atoms with Gasteiger partial charge in [-0.3, -0.25) is 9.59 Å². The van der Waals surface area contributed by atoms with Gasteiger partial charge in [-0.15, -0.1) is 0 Å². The molecule has 6 nitrogen and oxygen atoms in total. The summed E-state index contributed by atoms with van der Waals surface area (Å²) < 4.78 is 5.88. The molecule has 0 bridgehead atoms. The highest BCUT2D eigenvalue weighted by atomic mass is 16.5. The van der Waals surface area contributed by atoms with Crippen LogP contribution in [0, 0.1) is 0 Å². The molecule has 0 saturated carbocycles. The number of hydrogen-bond acceptors (Lipinski definition) is 5. The number of carbonyl (C=O) groups excluding carboxylic acids is 2. The summed E-state index contributed by atoms with van der Waals surface area (Å²) >= 11 is 0. The van der Waals surface area contributed by atoms with E-state index in [-0.39, 0.29) is 24.9 Å². The van der Waals surface area contributed by atoms with E-state index < -0.39 is 18.2 Å². The zero-order valence-electron chi connectivity index (χ0n) is 38.9. The van der Waals surface area contributed by atoms with Crippen LogP contribution in [0.5, 0.6) is 0 Å². The number of hydrogen-bond donors (Lipinski definition) is 3. The van der Waals surface area contributed by atoms with Crippen molar-refractivity contribution >= 4 is 11.9 Å². The minimum atomic E-state index is -0.799. The molecule has 0 aliphatic heterocycles. The van der Waals surface area contributed by atoms with Crippen molar-refractivity contribution in [1.82, 2.24) is 5.32 Å². The molecule has 59 heavy (non-hydrogen) atoms. The van der Waals surface area contributed by atoms with E-state index in [1.807, 2.05) is 30.4 Å². The van der Waals surface area contributed by atoms with Gasteiger partial charge in [-0.1, -0.05) is 216 Å². The van der Waals surface area contributed by atoms with E-state index in [2.05, 4.69) is 56.5 Å². The Kier molecular flexibility index (Phi) is 44.7. The van der Waals surface area contributed by atoms with E-state index >= 15 is 0 Å². The Hall–Kier alpha value is -2.44. The number of unbranched alkanes of at least 4 members (excludes halogenated alkanes) is 25. The van der Waals surface area contributed by atoms with E-state index in [9.17, 15) is 19.8 Å². The van der Waals surface area contributed by atoms with Gasteiger partial charge in [0.1, 0.15) is 6.10 Å². The van der Waals surface area contributed by atoms with Crippen LogP contribution in [-0.2, 0) is 14.3 Å². The maximum atomic E-state index is 13.2. The van der Waals surface area contributed by atoms with Crippen LogP contribution in [0.15, 0.2) is 60.8 Å².